The Hall–Kier alpha value is -1.41. The van der Waals surface area contributed by atoms with Gasteiger partial charge >= 0.3 is 5.97 Å². The average molecular weight is 245 g/mol. The van der Waals surface area contributed by atoms with Crippen molar-refractivity contribution < 1.29 is 18.3 Å². The maximum atomic E-state index is 11.9. The van der Waals surface area contributed by atoms with E-state index in [9.17, 15) is 13.2 Å². The molecule has 1 saturated heterocycles. The van der Waals surface area contributed by atoms with Crippen molar-refractivity contribution in [3.05, 3.63) is 11.3 Å². The fourth-order valence-electron chi connectivity index (χ4n) is 1.50. The molecule has 7 nitrogen and oxygen atoms in total. The van der Waals surface area contributed by atoms with Crippen LogP contribution in [-0.4, -0.2) is 47.1 Å². The van der Waals surface area contributed by atoms with E-state index < -0.39 is 21.0 Å². The van der Waals surface area contributed by atoms with Crippen molar-refractivity contribution in [1.29, 1.82) is 0 Å². The second kappa shape index (κ2) is 3.56. The second-order valence-electron chi connectivity index (χ2n) is 3.59. The number of aromatic nitrogens is 2. The number of rotatable bonds is 3. The van der Waals surface area contributed by atoms with Crippen molar-refractivity contribution in [2.45, 2.75) is 18.4 Å². The van der Waals surface area contributed by atoms with Gasteiger partial charge in [0.15, 0.2) is 0 Å². The summed E-state index contributed by atoms with van der Waals surface area (Å²) >= 11 is 0. The summed E-state index contributed by atoms with van der Waals surface area (Å²) < 4.78 is 25.1. The molecule has 1 aromatic rings. The summed E-state index contributed by atoms with van der Waals surface area (Å²) in [6.45, 7) is 2.33. The molecule has 0 amide bonds. The van der Waals surface area contributed by atoms with Crippen LogP contribution in [0.3, 0.4) is 0 Å². The largest absolute Gasteiger partial charge is 0.478 e. The van der Waals surface area contributed by atoms with E-state index in [1.807, 2.05) is 0 Å². The fourth-order valence-corrected chi connectivity index (χ4v) is 3.14. The number of carbonyl (C=O) groups is 1. The lowest BCUT2D eigenvalue weighted by atomic mass is 10.3. The number of nitrogens with zero attached hydrogens (tertiary/aromatic N) is 2. The number of aromatic carboxylic acids is 1. The van der Waals surface area contributed by atoms with Gasteiger partial charge in [-0.1, -0.05) is 0 Å². The lowest BCUT2D eigenvalue weighted by Gasteiger charge is -2.28. The Morgan fingerprint density at radius 2 is 2.12 bits per heavy atom. The number of carboxylic acid groups (broad SMARTS) is 1. The van der Waals surface area contributed by atoms with Crippen molar-refractivity contribution in [2.75, 3.05) is 13.1 Å². The van der Waals surface area contributed by atoms with E-state index >= 15 is 0 Å². The van der Waals surface area contributed by atoms with Crippen LogP contribution in [0.4, 0.5) is 0 Å². The summed E-state index contributed by atoms with van der Waals surface area (Å²) in [6.07, 6.45) is 0.797. The maximum absolute atomic E-state index is 11.9. The number of carboxylic acids is 1. The van der Waals surface area contributed by atoms with Crippen molar-refractivity contribution in [1.82, 2.24) is 14.5 Å². The van der Waals surface area contributed by atoms with Crippen LogP contribution in [0.25, 0.3) is 0 Å². The standard InChI is InChI=1S/C8H11N3O4S/c1-5-6(8(12)13)7(10-9-5)16(14,15)11-3-2-4-11/h2-4H2,1H3,(H,9,10)(H,12,13). The molecule has 0 bridgehead atoms. The van der Waals surface area contributed by atoms with Crippen LogP contribution < -0.4 is 0 Å². The molecule has 0 spiro atoms. The first-order chi connectivity index (χ1) is 7.44. The lowest BCUT2D eigenvalue weighted by molar-refractivity contribution is 0.0691. The smallest absolute Gasteiger partial charge is 0.340 e. The van der Waals surface area contributed by atoms with Gasteiger partial charge < -0.3 is 5.11 Å². The van der Waals surface area contributed by atoms with Crippen molar-refractivity contribution >= 4 is 16.0 Å². The van der Waals surface area contributed by atoms with Crippen LogP contribution in [0, 0.1) is 6.92 Å². The van der Waals surface area contributed by atoms with Crippen LogP contribution in [-0.2, 0) is 10.0 Å². The highest BCUT2D eigenvalue weighted by Crippen LogP contribution is 2.23. The van der Waals surface area contributed by atoms with Crippen LogP contribution in [0.5, 0.6) is 0 Å². The third kappa shape index (κ3) is 1.50. The summed E-state index contributed by atoms with van der Waals surface area (Å²) in [4.78, 5) is 10.9. The number of aryl methyl sites for hydroxylation is 1. The minimum Gasteiger partial charge on any atom is -0.478 e. The normalized spacial score (nSPS) is 17.1. The Morgan fingerprint density at radius 1 is 1.50 bits per heavy atom. The highest BCUT2D eigenvalue weighted by Gasteiger charge is 2.35. The summed E-state index contributed by atoms with van der Waals surface area (Å²) in [6, 6.07) is 0. The highest BCUT2D eigenvalue weighted by molar-refractivity contribution is 7.89. The predicted molar refractivity (Wildman–Crippen MR) is 53.7 cm³/mol. The Bertz CT molecular complexity index is 529. The van der Waals surface area contributed by atoms with E-state index in [1.165, 1.54) is 11.2 Å². The van der Waals surface area contributed by atoms with Crippen LogP contribution in [0.15, 0.2) is 5.03 Å². The third-order valence-electron chi connectivity index (χ3n) is 2.53. The molecule has 0 unspecified atom stereocenters. The highest BCUT2D eigenvalue weighted by atomic mass is 32.2. The second-order valence-corrected chi connectivity index (χ2v) is 5.44. The minimum atomic E-state index is -3.75. The Kier molecular flexibility index (Phi) is 2.47. The summed E-state index contributed by atoms with van der Waals surface area (Å²) in [5.41, 5.74) is -0.0292. The van der Waals surface area contributed by atoms with Crippen LogP contribution in [0.1, 0.15) is 22.5 Å². The van der Waals surface area contributed by atoms with E-state index in [0.29, 0.717) is 13.1 Å². The summed E-state index contributed by atoms with van der Waals surface area (Å²) in [7, 11) is -3.75. The molecule has 8 heteroatoms. The first-order valence-corrected chi connectivity index (χ1v) is 6.17. The molecule has 0 aromatic carbocycles. The molecular formula is C8H11N3O4S. The SMILES string of the molecule is Cc1[nH]nc(S(=O)(=O)N2CCC2)c1C(=O)O. The van der Waals surface area contributed by atoms with E-state index in [0.717, 1.165) is 6.42 Å². The number of aromatic amines is 1. The van der Waals surface area contributed by atoms with Crippen LogP contribution >= 0.6 is 0 Å². The molecule has 0 aliphatic carbocycles. The fraction of sp³-hybridized carbons (Fsp3) is 0.500. The number of hydrogen-bond acceptors (Lipinski definition) is 4. The number of sulfonamides is 1. The summed E-state index contributed by atoms with van der Waals surface area (Å²) in [5.74, 6) is -1.29. The number of H-pyrrole nitrogens is 1. The predicted octanol–water partition coefficient (Wildman–Crippen LogP) is -0.189. The van der Waals surface area contributed by atoms with Gasteiger partial charge in [-0.3, -0.25) is 5.10 Å². The van der Waals surface area contributed by atoms with Crippen molar-refractivity contribution in [2.24, 2.45) is 0 Å². The molecule has 0 atom stereocenters. The molecule has 2 rings (SSSR count). The zero-order valence-electron chi connectivity index (χ0n) is 8.60. The first kappa shape index (κ1) is 11.1. The molecule has 0 saturated carbocycles. The molecule has 1 fully saturated rings. The molecule has 2 N–H and O–H groups in total. The zero-order chi connectivity index (χ0) is 11.9. The molecule has 1 aliphatic rings. The molecular weight excluding hydrogens is 234 g/mol. The van der Waals surface area contributed by atoms with Gasteiger partial charge in [0.2, 0.25) is 5.03 Å². The van der Waals surface area contributed by atoms with Crippen LogP contribution in [0.2, 0.25) is 0 Å². The topological polar surface area (TPSA) is 103 Å². The third-order valence-corrected chi connectivity index (χ3v) is 4.36. The van der Waals surface area contributed by atoms with E-state index in [1.54, 1.807) is 0 Å². The Labute approximate surface area is 92.1 Å². The average Bonchev–Trinajstić information content (AvgIpc) is 2.42. The minimum absolute atomic E-state index is 0.242. The molecule has 0 radical (unpaired) electrons. The molecule has 1 aromatic heterocycles. The van der Waals surface area contributed by atoms with Gasteiger partial charge in [0, 0.05) is 18.8 Å². The van der Waals surface area contributed by atoms with Gasteiger partial charge in [-0.05, 0) is 13.3 Å². The Balaban J connectivity index is 2.52. The monoisotopic (exact) mass is 245 g/mol. The molecule has 16 heavy (non-hydrogen) atoms. The van der Waals surface area contributed by atoms with Gasteiger partial charge in [0.05, 0.1) is 0 Å². The zero-order valence-corrected chi connectivity index (χ0v) is 9.41. The van der Waals surface area contributed by atoms with E-state index in [4.69, 9.17) is 5.11 Å². The molecule has 2 heterocycles. The number of hydrogen-bond donors (Lipinski definition) is 2. The van der Waals surface area contributed by atoms with E-state index in [2.05, 4.69) is 10.2 Å². The van der Waals surface area contributed by atoms with Gasteiger partial charge in [-0.2, -0.15) is 9.40 Å². The molecule has 1 aliphatic heterocycles. The van der Waals surface area contributed by atoms with E-state index in [-0.39, 0.29) is 11.3 Å². The van der Waals surface area contributed by atoms with Gasteiger partial charge in [0.1, 0.15) is 5.56 Å². The number of nitrogens with one attached hydrogen (secondary N) is 1. The lowest BCUT2D eigenvalue weighted by Crippen LogP contribution is -2.42. The Morgan fingerprint density at radius 3 is 2.56 bits per heavy atom. The van der Waals surface area contributed by atoms with Crippen molar-refractivity contribution in [3.8, 4) is 0 Å². The van der Waals surface area contributed by atoms with Crippen molar-refractivity contribution in [3.63, 3.8) is 0 Å². The van der Waals surface area contributed by atoms with Gasteiger partial charge in [0.25, 0.3) is 10.0 Å². The maximum Gasteiger partial charge on any atom is 0.340 e. The van der Waals surface area contributed by atoms with Gasteiger partial charge in [-0.25, -0.2) is 13.2 Å². The summed E-state index contributed by atoms with van der Waals surface area (Å²) in [5, 5.41) is 14.5. The van der Waals surface area contributed by atoms with Gasteiger partial charge in [-0.15, -0.1) is 0 Å². The molecule has 88 valence electrons. The first-order valence-electron chi connectivity index (χ1n) is 4.73. The quantitative estimate of drug-likeness (QED) is 0.768.